The number of aromatic hydroxyl groups is 1. The Balaban J connectivity index is 1.38. The minimum atomic E-state index is -0.566. The van der Waals surface area contributed by atoms with Gasteiger partial charge in [-0.1, -0.05) is 84.4 Å². The summed E-state index contributed by atoms with van der Waals surface area (Å²) in [7, 11) is 0. The summed E-state index contributed by atoms with van der Waals surface area (Å²) < 4.78 is 5.61. The predicted molar refractivity (Wildman–Crippen MR) is 119 cm³/mol. The highest BCUT2D eigenvalue weighted by atomic mass is 35.5. The number of phenolic OH excluding ortho intramolecular Hbond substituents is 1. The van der Waals surface area contributed by atoms with E-state index in [9.17, 15) is 9.90 Å². The first-order valence-electron chi connectivity index (χ1n) is 9.65. The van der Waals surface area contributed by atoms with Gasteiger partial charge in [0.25, 0.3) is 0 Å². The normalized spacial score (nSPS) is 12.4. The fourth-order valence-electron chi connectivity index (χ4n) is 4.17. The lowest BCUT2D eigenvalue weighted by atomic mass is 9.98. The van der Waals surface area contributed by atoms with E-state index in [1.54, 1.807) is 12.1 Å². The van der Waals surface area contributed by atoms with Gasteiger partial charge in [0.05, 0.1) is 10.7 Å². The molecule has 0 fully saturated rings. The Labute approximate surface area is 178 Å². The van der Waals surface area contributed by atoms with Crippen LogP contribution >= 0.6 is 11.6 Å². The van der Waals surface area contributed by atoms with Gasteiger partial charge in [-0.15, -0.1) is 0 Å². The molecule has 0 radical (unpaired) electrons. The number of hydrogen-bond donors (Lipinski definition) is 2. The van der Waals surface area contributed by atoms with Crippen molar-refractivity contribution in [1.82, 2.24) is 0 Å². The minimum absolute atomic E-state index is 0.00893. The maximum atomic E-state index is 12.6. The number of fused-ring (bicyclic) bond motifs is 4. The highest BCUT2D eigenvalue weighted by Gasteiger charge is 2.29. The van der Waals surface area contributed by atoms with Gasteiger partial charge in [-0.2, -0.15) is 0 Å². The summed E-state index contributed by atoms with van der Waals surface area (Å²) in [4.78, 5) is 12.6. The number of anilines is 1. The van der Waals surface area contributed by atoms with Crippen LogP contribution < -0.4 is 5.32 Å². The van der Waals surface area contributed by atoms with Crippen LogP contribution in [0, 0.1) is 0 Å². The Hall–Kier alpha value is -3.50. The zero-order chi connectivity index (χ0) is 20.7. The van der Waals surface area contributed by atoms with Gasteiger partial charge in [0.15, 0.2) is 0 Å². The maximum absolute atomic E-state index is 12.6. The molecule has 30 heavy (non-hydrogen) atoms. The first-order chi connectivity index (χ1) is 14.6. The molecule has 2 N–H and O–H groups in total. The van der Waals surface area contributed by atoms with E-state index in [0.717, 1.165) is 11.1 Å². The van der Waals surface area contributed by atoms with Crippen molar-refractivity contribution >= 4 is 34.2 Å². The lowest BCUT2D eigenvalue weighted by molar-refractivity contribution is 0.158. The van der Waals surface area contributed by atoms with E-state index in [-0.39, 0.29) is 23.3 Å². The van der Waals surface area contributed by atoms with Gasteiger partial charge in [0.2, 0.25) is 0 Å². The average molecular weight is 416 g/mol. The van der Waals surface area contributed by atoms with E-state index in [1.807, 2.05) is 36.4 Å². The lowest BCUT2D eigenvalue weighted by Gasteiger charge is -2.15. The van der Waals surface area contributed by atoms with Crippen molar-refractivity contribution in [3.05, 3.63) is 95.0 Å². The summed E-state index contributed by atoms with van der Waals surface area (Å²) in [6, 6.07) is 25.1. The monoisotopic (exact) mass is 415 g/mol. The van der Waals surface area contributed by atoms with E-state index in [1.165, 1.54) is 17.2 Å². The molecule has 0 heterocycles. The van der Waals surface area contributed by atoms with Gasteiger partial charge in [0.1, 0.15) is 12.4 Å². The summed E-state index contributed by atoms with van der Waals surface area (Å²) >= 11 is 6.13. The number of halogens is 1. The molecule has 5 rings (SSSR count). The number of benzene rings is 4. The molecule has 1 amide bonds. The third kappa shape index (κ3) is 3.06. The molecule has 1 aliphatic rings. The van der Waals surface area contributed by atoms with Crippen molar-refractivity contribution in [3.63, 3.8) is 0 Å². The fraction of sp³-hybridized carbons (Fsp3) is 0.0800. The van der Waals surface area contributed by atoms with Gasteiger partial charge in [-0.25, -0.2) is 4.79 Å². The van der Waals surface area contributed by atoms with Gasteiger partial charge in [-0.3, -0.25) is 5.32 Å². The zero-order valence-corrected chi connectivity index (χ0v) is 16.7. The van der Waals surface area contributed by atoms with Crippen molar-refractivity contribution in [1.29, 1.82) is 0 Å². The van der Waals surface area contributed by atoms with Crippen LogP contribution in [0.15, 0.2) is 78.9 Å². The molecule has 0 spiro atoms. The van der Waals surface area contributed by atoms with Gasteiger partial charge >= 0.3 is 6.09 Å². The van der Waals surface area contributed by atoms with Crippen LogP contribution in [0.5, 0.6) is 5.75 Å². The van der Waals surface area contributed by atoms with Crippen molar-refractivity contribution in [2.45, 2.75) is 5.92 Å². The van der Waals surface area contributed by atoms with Crippen LogP contribution in [0.2, 0.25) is 5.02 Å². The molecule has 0 unspecified atom stereocenters. The second kappa shape index (κ2) is 7.39. The van der Waals surface area contributed by atoms with Crippen LogP contribution in [-0.4, -0.2) is 17.8 Å². The Morgan fingerprint density at radius 3 is 2.13 bits per heavy atom. The van der Waals surface area contributed by atoms with Crippen molar-refractivity contribution < 1.29 is 14.6 Å². The Morgan fingerprint density at radius 2 is 1.47 bits per heavy atom. The molecular formula is C25H18ClNO3. The molecule has 0 bridgehead atoms. The molecule has 4 aromatic rings. The van der Waals surface area contributed by atoms with E-state index >= 15 is 0 Å². The van der Waals surface area contributed by atoms with Crippen molar-refractivity contribution in [3.8, 4) is 16.9 Å². The minimum Gasteiger partial charge on any atom is -0.506 e. The topological polar surface area (TPSA) is 58.6 Å². The number of amides is 1. The highest BCUT2D eigenvalue weighted by molar-refractivity contribution is 6.34. The third-order valence-electron chi connectivity index (χ3n) is 5.55. The molecule has 0 aliphatic heterocycles. The summed E-state index contributed by atoms with van der Waals surface area (Å²) in [6.45, 7) is 0.226. The van der Waals surface area contributed by atoms with E-state index in [2.05, 4.69) is 29.6 Å². The molecule has 4 nitrogen and oxygen atoms in total. The second-order valence-corrected chi connectivity index (χ2v) is 7.66. The number of nitrogens with one attached hydrogen (secondary N) is 1. The van der Waals surface area contributed by atoms with Gasteiger partial charge in [0, 0.05) is 16.7 Å². The average Bonchev–Trinajstić information content (AvgIpc) is 3.10. The van der Waals surface area contributed by atoms with E-state index in [4.69, 9.17) is 16.3 Å². The van der Waals surface area contributed by atoms with Crippen LogP contribution in [-0.2, 0) is 4.74 Å². The standard InChI is InChI=1S/C25H18ClNO3/c26-22-13-23(19-11-5-6-12-20(19)24(22)28)27-25(29)30-14-21-17-9-3-1-7-15(17)16-8-2-4-10-18(16)21/h1-13,21,28H,14H2,(H,27,29). The van der Waals surface area contributed by atoms with Crippen LogP contribution in [0.1, 0.15) is 17.0 Å². The largest absolute Gasteiger partial charge is 0.506 e. The summed E-state index contributed by atoms with van der Waals surface area (Å²) in [5.74, 6) is -0.0198. The first-order valence-corrected chi connectivity index (χ1v) is 10.0. The molecule has 0 aromatic heterocycles. The summed E-state index contributed by atoms with van der Waals surface area (Å²) in [6.07, 6.45) is -0.566. The van der Waals surface area contributed by atoms with Crippen LogP contribution in [0.25, 0.3) is 21.9 Å². The number of carbonyl (C=O) groups is 1. The molecule has 0 atom stereocenters. The van der Waals surface area contributed by atoms with Gasteiger partial charge in [-0.05, 0) is 28.3 Å². The SMILES string of the molecule is O=C(Nc1cc(Cl)c(O)c2ccccc12)OCC1c2ccccc2-c2ccccc21. The number of rotatable bonds is 3. The Bertz CT molecular complexity index is 1240. The number of phenols is 1. The Kier molecular flexibility index (Phi) is 4.57. The third-order valence-corrected chi connectivity index (χ3v) is 5.84. The molecule has 0 saturated carbocycles. The number of ether oxygens (including phenoxy) is 1. The molecule has 1 aliphatic carbocycles. The van der Waals surface area contributed by atoms with Gasteiger partial charge < -0.3 is 9.84 Å². The van der Waals surface area contributed by atoms with E-state index < -0.39 is 6.09 Å². The summed E-state index contributed by atoms with van der Waals surface area (Å²) in [5, 5.41) is 14.4. The van der Waals surface area contributed by atoms with Crippen molar-refractivity contribution in [2.24, 2.45) is 0 Å². The second-order valence-electron chi connectivity index (χ2n) is 7.25. The maximum Gasteiger partial charge on any atom is 0.411 e. The molecule has 148 valence electrons. The fourth-order valence-corrected chi connectivity index (χ4v) is 4.38. The molecule has 4 aromatic carbocycles. The molecular weight excluding hydrogens is 398 g/mol. The smallest absolute Gasteiger partial charge is 0.411 e. The van der Waals surface area contributed by atoms with Crippen LogP contribution in [0.3, 0.4) is 0 Å². The number of hydrogen-bond acceptors (Lipinski definition) is 3. The Morgan fingerprint density at radius 1 is 0.900 bits per heavy atom. The lowest BCUT2D eigenvalue weighted by Crippen LogP contribution is -2.18. The molecule has 0 saturated heterocycles. The molecule has 5 heteroatoms. The van der Waals surface area contributed by atoms with Crippen molar-refractivity contribution in [2.75, 3.05) is 11.9 Å². The quantitative estimate of drug-likeness (QED) is 0.372. The van der Waals surface area contributed by atoms with Crippen LogP contribution in [0.4, 0.5) is 10.5 Å². The predicted octanol–water partition coefficient (Wildman–Crippen LogP) is 6.56. The van der Waals surface area contributed by atoms with E-state index in [0.29, 0.717) is 16.5 Å². The summed E-state index contributed by atoms with van der Waals surface area (Å²) in [5.41, 5.74) is 5.16. The zero-order valence-electron chi connectivity index (χ0n) is 15.9. The first kappa shape index (κ1) is 18.5. The highest BCUT2D eigenvalue weighted by Crippen LogP contribution is 2.44. The number of carbonyl (C=O) groups excluding carboxylic acids is 1.